The minimum Gasteiger partial charge on any atom is -0.378 e. The van der Waals surface area contributed by atoms with Gasteiger partial charge in [-0.2, -0.15) is 0 Å². The average Bonchev–Trinajstić information content (AvgIpc) is 2.30. The van der Waals surface area contributed by atoms with Gasteiger partial charge < -0.3 is 10.5 Å². The van der Waals surface area contributed by atoms with Crippen molar-refractivity contribution in [1.29, 1.82) is 0 Å². The first-order valence-electron chi connectivity index (χ1n) is 6.58. The van der Waals surface area contributed by atoms with E-state index in [2.05, 4.69) is 17.4 Å². The summed E-state index contributed by atoms with van der Waals surface area (Å²) < 4.78 is 5.61. The predicted octanol–water partition coefficient (Wildman–Crippen LogP) is 0.873. The van der Waals surface area contributed by atoms with Crippen LogP contribution in [0.2, 0.25) is 0 Å². The number of nitrogens with two attached hydrogens (primary N) is 1. The summed E-state index contributed by atoms with van der Waals surface area (Å²) in [7, 11) is 0. The van der Waals surface area contributed by atoms with Gasteiger partial charge >= 0.3 is 0 Å². The topological polar surface area (TPSA) is 50.5 Å². The molecule has 0 aromatic heterocycles. The molecule has 2 aliphatic heterocycles. The van der Waals surface area contributed by atoms with Gasteiger partial charge in [-0.25, -0.2) is 10.4 Å². The molecule has 2 heterocycles. The van der Waals surface area contributed by atoms with Gasteiger partial charge in [0.25, 0.3) is 0 Å². The number of piperidine rings is 1. The molecule has 0 aliphatic carbocycles. The maximum atomic E-state index is 5.97. The van der Waals surface area contributed by atoms with Crippen molar-refractivity contribution in [3.63, 3.8) is 0 Å². The highest BCUT2D eigenvalue weighted by molar-refractivity contribution is 4.93. The van der Waals surface area contributed by atoms with Gasteiger partial charge in [0.05, 0.1) is 6.10 Å². The molecular formula is C12H25N3O. The van der Waals surface area contributed by atoms with Gasteiger partial charge in [0, 0.05) is 31.8 Å². The van der Waals surface area contributed by atoms with Crippen LogP contribution in [0.3, 0.4) is 0 Å². The molecule has 0 radical (unpaired) electrons. The van der Waals surface area contributed by atoms with Crippen LogP contribution in [-0.2, 0) is 4.74 Å². The Morgan fingerprint density at radius 2 is 2.12 bits per heavy atom. The van der Waals surface area contributed by atoms with E-state index in [1.54, 1.807) is 0 Å². The Hall–Kier alpha value is -0.160. The van der Waals surface area contributed by atoms with E-state index in [0.29, 0.717) is 12.6 Å². The van der Waals surface area contributed by atoms with Crippen LogP contribution >= 0.6 is 0 Å². The summed E-state index contributed by atoms with van der Waals surface area (Å²) in [6.07, 6.45) is 6.37. The second-order valence-corrected chi connectivity index (χ2v) is 5.28. The normalized spacial score (nSPS) is 37.5. The van der Waals surface area contributed by atoms with Crippen LogP contribution in [-0.4, -0.2) is 42.9 Å². The Bertz CT molecular complexity index is 218. The van der Waals surface area contributed by atoms with Gasteiger partial charge in [-0.3, -0.25) is 0 Å². The van der Waals surface area contributed by atoms with Crippen molar-refractivity contribution in [3.8, 4) is 0 Å². The lowest BCUT2D eigenvalue weighted by Crippen LogP contribution is -2.62. The first-order valence-corrected chi connectivity index (χ1v) is 6.58. The van der Waals surface area contributed by atoms with Crippen molar-refractivity contribution in [1.82, 2.24) is 10.4 Å². The molecule has 0 saturated carbocycles. The SMILES string of the molecule is CC1CC(CN)(NN2CCCCC2)CCO1. The number of hydrogen-bond donors (Lipinski definition) is 2. The quantitative estimate of drug-likeness (QED) is 0.751. The van der Waals surface area contributed by atoms with Crippen LogP contribution in [0.25, 0.3) is 0 Å². The molecule has 2 fully saturated rings. The molecule has 2 atom stereocenters. The van der Waals surface area contributed by atoms with Crippen LogP contribution in [0.15, 0.2) is 0 Å². The minimum atomic E-state index is 0.0784. The Morgan fingerprint density at radius 3 is 2.75 bits per heavy atom. The highest BCUT2D eigenvalue weighted by atomic mass is 16.5. The Kier molecular flexibility index (Phi) is 4.19. The largest absolute Gasteiger partial charge is 0.378 e. The second-order valence-electron chi connectivity index (χ2n) is 5.28. The van der Waals surface area contributed by atoms with Crippen molar-refractivity contribution < 1.29 is 4.74 Å². The molecule has 4 nitrogen and oxygen atoms in total. The molecule has 2 aliphatic rings. The summed E-state index contributed by atoms with van der Waals surface area (Å²) in [5, 5.41) is 2.37. The van der Waals surface area contributed by atoms with Crippen LogP contribution in [0.5, 0.6) is 0 Å². The number of rotatable bonds is 3. The highest BCUT2D eigenvalue weighted by Crippen LogP contribution is 2.25. The molecule has 0 spiro atoms. The molecule has 3 N–H and O–H groups in total. The van der Waals surface area contributed by atoms with Crippen LogP contribution < -0.4 is 11.2 Å². The molecule has 4 heteroatoms. The van der Waals surface area contributed by atoms with Gasteiger partial charge in [-0.15, -0.1) is 0 Å². The standard InChI is InChI=1S/C12H25N3O/c1-11-9-12(10-13,5-8-16-11)14-15-6-3-2-4-7-15/h11,14H,2-10,13H2,1H3. The van der Waals surface area contributed by atoms with Gasteiger partial charge in [0.15, 0.2) is 0 Å². The third-order valence-corrected chi connectivity index (χ3v) is 3.80. The molecule has 2 saturated heterocycles. The maximum absolute atomic E-state index is 5.97. The predicted molar refractivity (Wildman–Crippen MR) is 65.0 cm³/mol. The molecule has 0 amide bonds. The van der Waals surface area contributed by atoms with Crippen molar-refractivity contribution >= 4 is 0 Å². The number of ether oxygens (including phenoxy) is 1. The Morgan fingerprint density at radius 1 is 1.38 bits per heavy atom. The fraction of sp³-hybridized carbons (Fsp3) is 1.00. The van der Waals surface area contributed by atoms with Gasteiger partial charge in [-0.1, -0.05) is 6.42 Å². The van der Waals surface area contributed by atoms with E-state index in [4.69, 9.17) is 10.5 Å². The lowest BCUT2D eigenvalue weighted by molar-refractivity contribution is -0.0453. The summed E-state index contributed by atoms with van der Waals surface area (Å²) in [6.45, 7) is 6.01. The molecule has 0 aromatic carbocycles. The van der Waals surface area contributed by atoms with E-state index >= 15 is 0 Å². The summed E-state index contributed by atoms with van der Waals surface area (Å²) in [4.78, 5) is 0. The number of nitrogens with one attached hydrogen (secondary N) is 1. The molecule has 0 aromatic rings. The molecular weight excluding hydrogens is 202 g/mol. The molecule has 16 heavy (non-hydrogen) atoms. The first kappa shape index (κ1) is 12.3. The monoisotopic (exact) mass is 227 g/mol. The third kappa shape index (κ3) is 2.94. The number of hydrazine groups is 1. The van der Waals surface area contributed by atoms with E-state index < -0.39 is 0 Å². The lowest BCUT2D eigenvalue weighted by atomic mass is 9.87. The molecule has 0 bridgehead atoms. The Balaban J connectivity index is 1.91. The lowest BCUT2D eigenvalue weighted by Gasteiger charge is -2.44. The minimum absolute atomic E-state index is 0.0784. The van der Waals surface area contributed by atoms with E-state index in [-0.39, 0.29) is 5.54 Å². The van der Waals surface area contributed by atoms with E-state index in [9.17, 15) is 0 Å². The van der Waals surface area contributed by atoms with Crippen molar-refractivity contribution in [2.45, 2.75) is 50.7 Å². The second kappa shape index (κ2) is 5.45. The first-order chi connectivity index (χ1) is 7.74. The van der Waals surface area contributed by atoms with Crippen molar-refractivity contribution in [3.05, 3.63) is 0 Å². The summed E-state index contributed by atoms with van der Waals surface area (Å²) in [6, 6.07) is 0. The third-order valence-electron chi connectivity index (χ3n) is 3.80. The molecule has 2 unspecified atom stereocenters. The van der Waals surface area contributed by atoms with Gasteiger partial charge in [0.1, 0.15) is 0 Å². The van der Waals surface area contributed by atoms with Crippen molar-refractivity contribution in [2.24, 2.45) is 5.73 Å². The summed E-state index contributed by atoms with van der Waals surface area (Å²) in [5.41, 5.74) is 9.73. The van der Waals surface area contributed by atoms with E-state index in [0.717, 1.165) is 32.5 Å². The molecule has 94 valence electrons. The van der Waals surface area contributed by atoms with Gasteiger partial charge in [0.2, 0.25) is 0 Å². The average molecular weight is 227 g/mol. The highest BCUT2D eigenvalue weighted by Gasteiger charge is 2.35. The fourth-order valence-electron chi connectivity index (χ4n) is 2.84. The number of nitrogens with zero attached hydrogens (tertiary/aromatic N) is 1. The number of hydrogen-bond acceptors (Lipinski definition) is 4. The van der Waals surface area contributed by atoms with Crippen molar-refractivity contribution in [2.75, 3.05) is 26.2 Å². The summed E-state index contributed by atoms with van der Waals surface area (Å²) >= 11 is 0. The summed E-state index contributed by atoms with van der Waals surface area (Å²) in [5.74, 6) is 0. The zero-order valence-corrected chi connectivity index (χ0v) is 10.4. The van der Waals surface area contributed by atoms with Gasteiger partial charge in [-0.05, 0) is 32.6 Å². The fourth-order valence-corrected chi connectivity index (χ4v) is 2.84. The smallest absolute Gasteiger partial charge is 0.0565 e. The van der Waals surface area contributed by atoms with Crippen LogP contribution in [0, 0.1) is 0 Å². The van der Waals surface area contributed by atoms with E-state index in [1.807, 2.05) is 0 Å². The molecule has 2 rings (SSSR count). The van der Waals surface area contributed by atoms with Crippen LogP contribution in [0.4, 0.5) is 0 Å². The zero-order valence-electron chi connectivity index (χ0n) is 10.4. The van der Waals surface area contributed by atoms with Crippen LogP contribution in [0.1, 0.15) is 39.0 Å². The van der Waals surface area contributed by atoms with E-state index in [1.165, 1.54) is 19.3 Å². The maximum Gasteiger partial charge on any atom is 0.0565 e. The Labute approximate surface area is 98.5 Å². The zero-order chi connectivity index (χ0) is 11.4.